The molecule has 27 heavy (non-hydrogen) atoms. The maximum atomic E-state index is 6.36. The quantitative estimate of drug-likeness (QED) is 0.831. The lowest BCUT2D eigenvalue weighted by Gasteiger charge is -2.39. The van der Waals surface area contributed by atoms with Gasteiger partial charge in [0.05, 0.1) is 13.2 Å². The Bertz CT molecular complexity index is 664. The predicted octanol–water partition coefficient (Wildman–Crippen LogP) is 3.65. The molecule has 1 unspecified atom stereocenters. The average molecular weight is 369 g/mol. The van der Waals surface area contributed by atoms with Crippen LogP contribution in [0.2, 0.25) is 0 Å². The molecule has 2 fully saturated rings. The van der Waals surface area contributed by atoms with Crippen molar-refractivity contribution < 1.29 is 9.47 Å². The van der Waals surface area contributed by atoms with Gasteiger partial charge in [0.15, 0.2) is 5.76 Å². The first kappa shape index (κ1) is 18.6. The van der Waals surface area contributed by atoms with E-state index in [0.29, 0.717) is 18.2 Å². The topological polar surface area (TPSA) is 33.7 Å². The van der Waals surface area contributed by atoms with E-state index in [-0.39, 0.29) is 0 Å². The van der Waals surface area contributed by atoms with Gasteiger partial charge in [-0.1, -0.05) is 36.4 Å². The van der Waals surface area contributed by atoms with Gasteiger partial charge in [-0.05, 0) is 43.7 Å². The Kier molecular flexibility index (Phi) is 6.15. The van der Waals surface area contributed by atoms with E-state index in [1.54, 1.807) is 7.11 Å². The van der Waals surface area contributed by atoms with Crippen LogP contribution in [0.3, 0.4) is 0 Å². The fourth-order valence-corrected chi connectivity index (χ4v) is 4.58. The summed E-state index contributed by atoms with van der Waals surface area (Å²) in [5.74, 6) is 1.96. The fourth-order valence-electron chi connectivity index (χ4n) is 4.58. The summed E-state index contributed by atoms with van der Waals surface area (Å²) in [7, 11) is 1.75. The Labute approximate surface area is 163 Å². The number of benzene rings is 1. The molecule has 0 spiro atoms. The SMILES string of the molecule is COC1=C(OC2CCCC2)CC(N2CCN[C@@H](Cc3ccccc3)C2)C=C1. The van der Waals surface area contributed by atoms with E-state index in [1.807, 2.05) is 0 Å². The van der Waals surface area contributed by atoms with Gasteiger partial charge >= 0.3 is 0 Å². The van der Waals surface area contributed by atoms with Crippen molar-refractivity contribution in [2.75, 3.05) is 26.7 Å². The van der Waals surface area contributed by atoms with Gasteiger partial charge in [0.2, 0.25) is 0 Å². The Balaban J connectivity index is 1.38. The third kappa shape index (κ3) is 4.74. The molecule has 0 bridgehead atoms. The first-order valence-electron chi connectivity index (χ1n) is 10.4. The van der Waals surface area contributed by atoms with Gasteiger partial charge in [0, 0.05) is 38.1 Å². The van der Waals surface area contributed by atoms with Crippen LogP contribution >= 0.6 is 0 Å². The lowest BCUT2D eigenvalue weighted by molar-refractivity contribution is 0.0804. The molecule has 1 N–H and O–H groups in total. The maximum absolute atomic E-state index is 6.36. The van der Waals surface area contributed by atoms with Gasteiger partial charge in [-0.25, -0.2) is 0 Å². The van der Waals surface area contributed by atoms with Crippen molar-refractivity contribution in [1.29, 1.82) is 0 Å². The molecule has 1 heterocycles. The smallest absolute Gasteiger partial charge is 0.156 e. The van der Waals surface area contributed by atoms with E-state index in [4.69, 9.17) is 9.47 Å². The Morgan fingerprint density at radius 3 is 2.74 bits per heavy atom. The number of nitrogens with zero attached hydrogens (tertiary/aromatic N) is 1. The van der Waals surface area contributed by atoms with Crippen LogP contribution in [0.15, 0.2) is 54.0 Å². The van der Waals surface area contributed by atoms with Crippen molar-refractivity contribution in [2.24, 2.45) is 0 Å². The van der Waals surface area contributed by atoms with Crippen molar-refractivity contribution >= 4 is 0 Å². The highest BCUT2D eigenvalue weighted by Crippen LogP contribution is 2.30. The molecule has 146 valence electrons. The molecule has 4 heteroatoms. The molecule has 0 aromatic heterocycles. The van der Waals surface area contributed by atoms with E-state index < -0.39 is 0 Å². The monoisotopic (exact) mass is 368 g/mol. The second-order valence-electron chi connectivity index (χ2n) is 7.98. The second-order valence-corrected chi connectivity index (χ2v) is 7.98. The highest BCUT2D eigenvalue weighted by atomic mass is 16.5. The highest BCUT2D eigenvalue weighted by Gasteiger charge is 2.29. The van der Waals surface area contributed by atoms with E-state index in [1.165, 1.54) is 31.2 Å². The zero-order valence-electron chi connectivity index (χ0n) is 16.4. The van der Waals surface area contributed by atoms with Crippen molar-refractivity contribution in [3.05, 3.63) is 59.6 Å². The minimum atomic E-state index is 0.381. The number of rotatable bonds is 6. The van der Waals surface area contributed by atoms with Crippen molar-refractivity contribution in [1.82, 2.24) is 10.2 Å². The molecular formula is C23H32N2O2. The molecule has 1 saturated heterocycles. The number of ether oxygens (including phenoxy) is 2. The number of piperazine rings is 1. The van der Waals surface area contributed by atoms with Crippen LogP contribution in [-0.2, 0) is 15.9 Å². The number of hydrogen-bond donors (Lipinski definition) is 1. The fraction of sp³-hybridized carbons (Fsp3) is 0.565. The molecule has 2 aliphatic carbocycles. The zero-order valence-corrected chi connectivity index (χ0v) is 16.4. The minimum Gasteiger partial charge on any atom is -0.493 e. The molecule has 0 radical (unpaired) electrons. The lowest BCUT2D eigenvalue weighted by Crippen LogP contribution is -2.54. The molecule has 2 atom stereocenters. The van der Waals surface area contributed by atoms with Gasteiger partial charge in [-0.2, -0.15) is 0 Å². The standard InChI is InChI=1S/C23H32N2O2/c1-26-22-12-11-20(16-23(22)27-21-9-5-6-10-21)25-14-13-24-19(17-25)15-18-7-3-2-4-8-18/h2-4,7-8,11-12,19-21,24H,5-6,9-10,13-17H2,1H3/t19-,20?/m0/s1. The van der Waals surface area contributed by atoms with E-state index in [0.717, 1.165) is 44.0 Å². The van der Waals surface area contributed by atoms with Gasteiger partial charge in [-0.3, -0.25) is 4.90 Å². The largest absolute Gasteiger partial charge is 0.493 e. The van der Waals surface area contributed by atoms with Crippen molar-refractivity contribution in [3.8, 4) is 0 Å². The number of hydrogen-bond acceptors (Lipinski definition) is 4. The van der Waals surface area contributed by atoms with E-state index in [9.17, 15) is 0 Å². The van der Waals surface area contributed by atoms with Gasteiger partial charge in [0.25, 0.3) is 0 Å². The summed E-state index contributed by atoms with van der Waals surface area (Å²) in [5, 5.41) is 3.69. The normalized spacial score (nSPS) is 27.1. The summed E-state index contributed by atoms with van der Waals surface area (Å²) in [6, 6.07) is 11.7. The lowest BCUT2D eigenvalue weighted by atomic mass is 9.99. The molecule has 1 saturated carbocycles. The zero-order chi connectivity index (χ0) is 18.5. The number of methoxy groups -OCH3 is 1. The summed E-state index contributed by atoms with van der Waals surface area (Å²) in [5.41, 5.74) is 1.41. The van der Waals surface area contributed by atoms with Crippen LogP contribution in [0.1, 0.15) is 37.7 Å². The molecule has 1 aromatic carbocycles. The summed E-state index contributed by atoms with van der Waals surface area (Å²) in [6.07, 6.45) is 11.7. The predicted molar refractivity (Wildman–Crippen MR) is 108 cm³/mol. The average Bonchev–Trinajstić information content (AvgIpc) is 3.22. The maximum Gasteiger partial charge on any atom is 0.156 e. The summed E-state index contributed by atoms with van der Waals surface area (Å²) < 4.78 is 11.9. The molecule has 0 amide bonds. The van der Waals surface area contributed by atoms with Gasteiger partial charge < -0.3 is 14.8 Å². The Morgan fingerprint density at radius 2 is 1.96 bits per heavy atom. The van der Waals surface area contributed by atoms with Crippen molar-refractivity contribution in [3.63, 3.8) is 0 Å². The molecule has 3 aliphatic rings. The molecular weight excluding hydrogens is 336 g/mol. The molecule has 1 aliphatic heterocycles. The van der Waals surface area contributed by atoms with Crippen LogP contribution in [0.25, 0.3) is 0 Å². The highest BCUT2D eigenvalue weighted by molar-refractivity contribution is 5.25. The Hall–Kier alpha value is -1.78. The van der Waals surface area contributed by atoms with Crippen LogP contribution in [0.5, 0.6) is 0 Å². The second kappa shape index (κ2) is 8.94. The number of allylic oxidation sites excluding steroid dienone is 1. The summed E-state index contributed by atoms with van der Waals surface area (Å²) in [6.45, 7) is 3.20. The van der Waals surface area contributed by atoms with Crippen LogP contribution in [-0.4, -0.2) is 49.8 Å². The van der Waals surface area contributed by atoms with Crippen LogP contribution < -0.4 is 5.32 Å². The van der Waals surface area contributed by atoms with E-state index in [2.05, 4.69) is 52.7 Å². The molecule has 4 rings (SSSR count). The Morgan fingerprint density at radius 1 is 1.15 bits per heavy atom. The van der Waals surface area contributed by atoms with Crippen molar-refractivity contribution in [2.45, 2.75) is 56.7 Å². The minimum absolute atomic E-state index is 0.381. The van der Waals surface area contributed by atoms with Crippen LogP contribution in [0, 0.1) is 0 Å². The first-order valence-corrected chi connectivity index (χ1v) is 10.4. The third-order valence-electron chi connectivity index (χ3n) is 6.05. The third-order valence-corrected chi connectivity index (χ3v) is 6.05. The molecule has 1 aromatic rings. The van der Waals surface area contributed by atoms with Crippen LogP contribution in [0.4, 0.5) is 0 Å². The van der Waals surface area contributed by atoms with Gasteiger partial charge in [-0.15, -0.1) is 0 Å². The number of nitrogens with one attached hydrogen (secondary N) is 1. The summed E-state index contributed by atoms with van der Waals surface area (Å²) in [4.78, 5) is 2.60. The van der Waals surface area contributed by atoms with E-state index >= 15 is 0 Å². The molecule has 4 nitrogen and oxygen atoms in total. The first-order chi connectivity index (χ1) is 13.3. The summed E-state index contributed by atoms with van der Waals surface area (Å²) >= 11 is 0. The van der Waals surface area contributed by atoms with Gasteiger partial charge in [0.1, 0.15) is 5.76 Å².